The van der Waals surface area contributed by atoms with E-state index in [0.29, 0.717) is 0 Å². The van der Waals surface area contributed by atoms with Gasteiger partial charge in [-0.05, 0) is 5.56 Å². The van der Waals surface area contributed by atoms with Crippen molar-refractivity contribution in [2.75, 3.05) is 6.61 Å². The topological polar surface area (TPSA) is 108 Å². The molecule has 2 rings (SSSR count). The number of carbonyl (C=O) groups excluding carboxylic acids is 1. The fourth-order valence-electron chi connectivity index (χ4n) is 2.44. The molecule has 4 N–H and O–H groups in total. The molecule has 0 saturated carbocycles. The predicted molar refractivity (Wildman–Crippen MR) is 76.6 cm³/mol. The molecule has 1 fully saturated rings. The van der Waals surface area contributed by atoms with Crippen molar-refractivity contribution in [1.29, 1.82) is 0 Å². The number of hydrogen-bond acceptors (Lipinski definition) is 6. The van der Waals surface area contributed by atoms with Gasteiger partial charge in [-0.2, -0.15) is 0 Å². The second-order valence-electron chi connectivity index (χ2n) is 5.23. The maximum absolute atomic E-state index is 11.3. The van der Waals surface area contributed by atoms with E-state index in [1.165, 1.54) is 6.92 Å². The van der Waals surface area contributed by atoms with Gasteiger partial charge in [0.1, 0.15) is 24.4 Å². The second kappa shape index (κ2) is 7.66. The Balaban J connectivity index is 2.10. The van der Waals surface area contributed by atoms with E-state index in [-0.39, 0.29) is 12.5 Å². The summed E-state index contributed by atoms with van der Waals surface area (Å²) in [6.07, 6.45) is -4.41. The molecule has 1 aliphatic rings. The van der Waals surface area contributed by atoms with E-state index < -0.39 is 37.3 Å². The second-order valence-corrected chi connectivity index (χ2v) is 5.23. The summed E-state index contributed by atoms with van der Waals surface area (Å²) >= 11 is 0. The van der Waals surface area contributed by atoms with Crippen LogP contribution in [0.2, 0.25) is 0 Å². The van der Waals surface area contributed by atoms with Crippen molar-refractivity contribution in [1.82, 2.24) is 5.32 Å². The van der Waals surface area contributed by atoms with Crippen LogP contribution in [0.3, 0.4) is 0 Å². The van der Waals surface area contributed by atoms with Crippen LogP contribution >= 0.6 is 0 Å². The lowest BCUT2D eigenvalue weighted by molar-refractivity contribution is -0.263. The number of ether oxygens (including phenoxy) is 2. The highest BCUT2D eigenvalue weighted by Gasteiger charge is 2.45. The molecule has 1 aliphatic heterocycles. The van der Waals surface area contributed by atoms with E-state index in [4.69, 9.17) is 9.47 Å². The number of hydrogen-bond donors (Lipinski definition) is 4. The van der Waals surface area contributed by atoms with Gasteiger partial charge >= 0.3 is 0 Å². The van der Waals surface area contributed by atoms with Gasteiger partial charge in [0.2, 0.25) is 5.91 Å². The molecule has 7 nitrogen and oxygen atoms in total. The smallest absolute Gasteiger partial charge is 0.217 e. The quantitative estimate of drug-likeness (QED) is 0.564. The van der Waals surface area contributed by atoms with Crippen molar-refractivity contribution < 1.29 is 29.6 Å². The summed E-state index contributed by atoms with van der Waals surface area (Å²) in [4.78, 5) is 11.3. The Kier molecular flexibility index (Phi) is 5.87. The highest BCUT2D eigenvalue weighted by molar-refractivity contribution is 5.73. The molecule has 5 atom stereocenters. The van der Waals surface area contributed by atoms with Crippen molar-refractivity contribution in [3.63, 3.8) is 0 Å². The van der Waals surface area contributed by atoms with Crippen LogP contribution in [0.4, 0.5) is 0 Å². The third-order valence-corrected chi connectivity index (χ3v) is 3.53. The highest BCUT2D eigenvalue weighted by atomic mass is 16.6. The zero-order valence-electron chi connectivity index (χ0n) is 12.3. The number of aliphatic hydroxyl groups is 3. The molecule has 1 aromatic carbocycles. The van der Waals surface area contributed by atoms with E-state index in [2.05, 4.69) is 5.32 Å². The molecule has 22 heavy (non-hydrogen) atoms. The number of carbonyl (C=O) groups is 1. The first-order valence-electron chi connectivity index (χ1n) is 7.08. The lowest BCUT2D eigenvalue weighted by atomic mass is 9.96. The van der Waals surface area contributed by atoms with Gasteiger partial charge in [0, 0.05) is 6.92 Å². The maximum atomic E-state index is 11.3. The molecule has 1 aromatic rings. The summed E-state index contributed by atoms with van der Waals surface area (Å²) in [6, 6.07) is 8.39. The lowest BCUT2D eigenvalue weighted by Gasteiger charge is -2.42. The standard InChI is InChI=1S/C15H21NO6/c1-9(18)16-12-14(13(19)11(7-17)22-15(12)20)21-8-10-5-3-2-4-6-10/h2-6,11-15,17,19-20H,7-8H2,1H3,(H,16,18)/t11-,12+,13+,14-,15+/m0/s1. The normalized spacial score (nSPS) is 31.7. The van der Waals surface area contributed by atoms with Crippen molar-refractivity contribution in [3.05, 3.63) is 35.9 Å². The van der Waals surface area contributed by atoms with Crippen LogP contribution in [0.25, 0.3) is 0 Å². The average Bonchev–Trinajstić information content (AvgIpc) is 2.50. The first kappa shape index (κ1) is 16.9. The number of aliphatic hydroxyl groups excluding tert-OH is 3. The molecule has 1 amide bonds. The molecule has 1 saturated heterocycles. The zero-order chi connectivity index (χ0) is 16.1. The van der Waals surface area contributed by atoms with E-state index in [0.717, 1.165) is 5.56 Å². The first-order valence-corrected chi connectivity index (χ1v) is 7.08. The van der Waals surface area contributed by atoms with Crippen molar-refractivity contribution in [2.24, 2.45) is 0 Å². The Labute approximate surface area is 128 Å². The van der Waals surface area contributed by atoms with Crippen molar-refractivity contribution in [2.45, 2.75) is 44.2 Å². The molecular formula is C15H21NO6. The molecule has 1 heterocycles. The highest BCUT2D eigenvalue weighted by Crippen LogP contribution is 2.23. The van der Waals surface area contributed by atoms with E-state index >= 15 is 0 Å². The van der Waals surface area contributed by atoms with Gasteiger partial charge in [-0.25, -0.2) is 0 Å². The Morgan fingerprint density at radius 1 is 1.32 bits per heavy atom. The van der Waals surface area contributed by atoms with E-state index in [1.54, 1.807) is 0 Å². The van der Waals surface area contributed by atoms with Gasteiger partial charge < -0.3 is 30.1 Å². The molecule has 0 aliphatic carbocycles. The summed E-state index contributed by atoms with van der Waals surface area (Å²) in [7, 11) is 0. The van der Waals surface area contributed by atoms with Crippen LogP contribution in [0.15, 0.2) is 30.3 Å². The van der Waals surface area contributed by atoms with Gasteiger partial charge in [-0.15, -0.1) is 0 Å². The fourth-order valence-corrected chi connectivity index (χ4v) is 2.44. The number of benzene rings is 1. The Bertz CT molecular complexity index is 482. The third kappa shape index (κ3) is 4.02. The molecule has 0 aromatic heterocycles. The Morgan fingerprint density at radius 3 is 2.59 bits per heavy atom. The van der Waals surface area contributed by atoms with Gasteiger partial charge in [0.25, 0.3) is 0 Å². The largest absolute Gasteiger partial charge is 0.394 e. The van der Waals surface area contributed by atoms with Crippen LogP contribution in [0.1, 0.15) is 12.5 Å². The average molecular weight is 311 g/mol. The van der Waals surface area contributed by atoms with Gasteiger partial charge in [-0.1, -0.05) is 30.3 Å². The third-order valence-electron chi connectivity index (χ3n) is 3.53. The minimum atomic E-state index is -1.37. The minimum Gasteiger partial charge on any atom is -0.394 e. The molecule has 7 heteroatoms. The number of amides is 1. The van der Waals surface area contributed by atoms with Crippen LogP contribution in [0, 0.1) is 0 Å². The van der Waals surface area contributed by atoms with Gasteiger partial charge in [-0.3, -0.25) is 4.79 Å². The van der Waals surface area contributed by atoms with Gasteiger partial charge in [0.15, 0.2) is 6.29 Å². The Morgan fingerprint density at radius 2 is 2.00 bits per heavy atom. The van der Waals surface area contributed by atoms with Crippen LogP contribution in [-0.2, 0) is 20.9 Å². The van der Waals surface area contributed by atoms with E-state index in [1.807, 2.05) is 30.3 Å². The zero-order valence-corrected chi connectivity index (χ0v) is 12.3. The number of rotatable bonds is 5. The SMILES string of the molecule is CC(=O)N[C@@H]1[C@H](OCc2ccccc2)[C@H](O)[C@H](CO)O[C@H]1O. The molecule has 0 radical (unpaired) electrons. The van der Waals surface area contributed by atoms with Gasteiger partial charge in [0.05, 0.1) is 13.2 Å². The summed E-state index contributed by atoms with van der Waals surface area (Å²) in [6.45, 7) is 1.03. The predicted octanol–water partition coefficient (Wildman–Crippen LogP) is -0.853. The molecule has 0 spiro atoms. The molecule has 0 unspecified atom stereocenters. The van der Waals surface area contributed by atoms with Crippen LogP contribution in [0.5, 0.6) is 0 Å². The minimum absolute atomic E-state index is 0.198. The number of nitrogens with one attached hydrogen (secondary N) is 1. The summed E-state index contributed by atoms with van der Waals surface area (Å²) in [5.41, 5.74) is 0.887. The first-order chi connectivity index (χ1) is 10.5. The molecule has 122 valence electrons. The lowest BCUT2D eigenvalue weighted by Crippen LogP contribution is -2.64. The maximum Gasteiger partial charge on any atom is 0.217 e. The van der Waals surface area contributed by atoms with Crippen LogP contribution in [-0.4, -0.2) is 58.5 Å². The summed E-state index contributed by atoms with van der Waals surface area (Å²) in [5.74, 6) is -0.379. The molecular weight excluding hydrogens is 290 g/mol. The summed E-state index contributed by atoms with van der Waals surface area (Å²) in [5, 5.41) is 31.9. The fraction of sp³-hybridized carbons (Fsp3) is 0.533. The van der Waals surface area contributed by atoms with Crippen LogP contribution < -0.4 is 5.32 Å². The van der Waals surface area contributed by atoms with Crippen molar-refractivity contribution >= 4 is 5.91 Å². The Hall–Kier alpha value is -1.51. The van der Waals surface area contributed by atoms with Crippen molar-refractivity contribution in [3.8, 4) is 0 Å². The van der Waals surface area contributed by atoms with E-state index in [9.17, 15) is 20.1 Å². The molecule has 0 bridgehead atoms. The monoisotopic (exact) mass is 311 g/mol. The summed E-state index contributed by atoms with van der Waals surface area (Å²) < 4.78 is 10.8.